The predicted molar refractivity (Wildman–Crippen MR) is 124 cm³/mol. The normalized spacial score (nSPS) is 15.8. The Balaban J connectivity index is 1.24. The van der Waals surface area contributed by atoms with Gasteiger partial charge in [-0.25, -0.2) is 4.79 Å². The van der Waals surface area contributed by atoms with Crippen LogP contribution in [0.4, 0.5) is 0 Å². The van der Waals surface area contributed by atoms with Crippen LogP contribution in [-0.4, -0.2) is 53.2 Å². The third-order valence-corrected chi connectivity index (χ3v) is 5.59. The first kappa shape index (κ1) is 22.6. The van der Waals surface area contributed by atoms with E-state index in [9.17, 15) is 15.0 Å². The number of aromatic carboxylic acids is 1. The number of aliphatic hydroxyl groups is 1. The van der Waals surface area contributed by atoms with Crippen molar-refractivity contribution in [3.05, 3.63) is 77.9 Å². The van der Waals surface area contributed by atoms with Gasteiger partial charge in [0.15, 0.2) is 0 Å². The number of hydrogen-bond donors (Lipinski definition) is 4. The van der Waals surface area contributed by atoms with Crippen molar-refractivity contribution in [3.63, 3.8) is 0 Å². The zero-order chi connectivity index (χ0) is 23.2. The number of carboxylic acid groups (broad SMARTS) is 1. The fourth-order valence-corrected chi connectivity index (χ4v) is 3.78. The van der Waals surface area contributed by atoms with E-state index in [0.29, 0.717) is 18.8 Å². The number of aromatic hydroxyl groups is 1. The maximum absolute atomic E-state index is 11.0. The van der Waals surface area contributed by atoms with E-state index in [2.05, 4.69) is 11.4 Å². The van der Waals surface area contributed by atoms with E-state index in [-0.39, 0.29) is 24.0 Å². The Morgan fingerprint density at radius 1 is 1.06 bits per heavy atom. The zero-order valence-electron chi connectivity index (χ0n) is 18.1. The van der Waals surface area contributed by atoms with Crippen LogP contribution in [-0.2, 0) is 6.42 Å². The van der Waals surface area contributed by atoms with Crippen molar-refractivity contribution >= 4 is 5.97 Å². The molecule has 7 heteroatoms. The lowest BCUT2D eigenvalue weighted by Gasteiger charge is -2.27. The van der Waals surface area contributed by atoms with Crippen molar-refractivity contribution in [1.82, 2.24) is 5.32 Å². The molecule has 1 aliphatic heterocycles. The van der Waals surface area contributed by atoms with Crippen molar-refractivity contribution in [3.8, 4) is 28.4 Å². The Bertz CT molecular complexity index is 1080. The molecule has 172 valence electrons. The third kappa shape index (κ3) is 6.03. The second-order valence-electron chi connectivity index (χ2n) is 8.10. The highest BCUT2D eigenvalue weighted by Crippen LogP contribution is 2.32. The number of ether oxygens (including phenoxy) is 2. The summed E-state index contributed by atoms with van der Waals surface area (Å²) in [5.74, 6) is 0.688. The van der Waals surface area contributed by atoms with Crippen LogP contribution in [0.5, 0.6) is 17.2 Å². The number of phenolic OH excluding ortho intramolecular Hbond substituents is 1. The number of benzene rings is 3. The summed E-state index contributed by atoms with van der Waals surface area (Å²) in [4.78, 5) is 11.0. The van der Waals surface area contributed by atoms with Crippen LogP contribution in [0, 0.1) is 0 Å². The lowest BCUT2D eigenvalue weighted by molar-refractivity contribution is 0.0697. The van der Waals surface area contributed by atoms with Crippen molar-refractivity contribution < 1.29 is 29.6 Å². The molecule has 0 saturated carbocycles. The molecule has 7 nitrogen and oxygen atoms in total. The molecule has 0 saturated heterocycles. The molecule has 3 aromatic carbocycles. The van der Waals surface area contributed by atoms with Gasteiger partial charge in [-0.2, -0.15) is 0 Å². The molecule has 0 unspecified atom stereocenters. The first-order chi connectivity index (χ1) is 16.0. The average molecular weight is 450 g/mol. The summed E-state index contributed by atoms with van der Waals surface area (Å²) in [5, 5.41) is 31.7. The van der Waals surface area contributed by atoms with Crippen LogP contribution >= 0.6 is 0 Å². The first-order valence-electron chi connectivity index (χ1n) is 10.9. The highest BCUT2D eigenvalue weighted by molar-refractivity contribution is 5.88. The maximum Gasteiger partial charge on any atom is 0.335 e. The number of phenols is 1. The summed E-state index contributed by atoms with van der Waals surface area (Å²) < 4.78 is 11.6. The molecule has 0 amide bonds. The smallest absolute Gasteiger partial charge is 0.335 e. The second kappa shape index (κ2) is 10.4. The van der Waals surface area contributed by atoms with Gasteiger partial charge in [-0.15, -0.1) is 0 Å². The summed E-state index contributed by atoms with van der Waals surface area (Å²) >= 11 is 0. The number of fused-ring (bicyclic) bond motifs is 1. The summed E-state index contributed by atoms with van der Waals surface area (Å²) in [5.41, 5.74) is 3.40. The molecular weight excluding hydrogens is 422 g/mol. The molecule has 4 N–H and O–H groups in total. The van der Waals surface area contributed by atoms with Gasteiger partial charge in [-0.3, -0.25) is 0 Å². The van der Waals surface area contributed by atoms with Crippen LogP contribution in [0.1, 0.15) is 22.3 Å². The minimum Gasteiger partial charge on any atom is -0.508 e. The van der Waals surface area contributed by atoms with Crippen LogP contribution in [0.25, 0.3) is 11.1 Å². The molecule has 0 bridgehead atoms. The zero-order valence-corrected chi connectivity index (χ0v) is 18.1. The Labute approximate surface area is 192 Å². The summed E-state index contributed by atoms with van der Waals surface area (Å²) in [6.07, 6.45) is 1.10. The first-order valence-corrected chi connectivity index (χ1v) is 10.9. The molecule has 0 aromatic heterocycles. The van der Waals surface area contributed by atoms with Crippen molar-refractivity contribution in [2.75, 3.05) is 19.7 Å². The quantitative estimate of drug-likeness (QED) is 0.396. The van der Waals surface area contributed by atoms with Crippen molar-refractivity contribution in [1.29, 1.82) is 0 Å². The lowest BCUT2D eigenvalue weighted by Crippen LogP contribution is -2.39. The van der Waals surface area contributed by atoms with Gasteiger partial charge in [0.2, 0.25) is 0 Å². The number of aryl methyl sites for hydroxylation is 1. The molecule has 0 radical (unpaired) electrons. The largest absolute Gasteiger partial charge is 0.508 e. The summed E-state index contributed by atoms with van der Waals surface area (Å²) in [6, 6.07) is 19.3. The van der Waals surface area contributed by atoms with E-state index in [1.54, 1.807) is 24.3 Å². The van der Waals surface area contributed by atoms with Crippen molar-refractivity contribution in [2.45, 2.75) is 25.0 Å². The Morgan fingerprint density at radius 2 is 1.79 bits per heavy atom. The Morgan fingerprint density at radius 3 is 2.52 bits per heavy atom. The van der Waals surface area contributed by atoms with Crippen molar-refractivity contribution in [2.24, 2.45) is 0 Å². The maximum atomic E-state index is 11.0. The lowest BCUT2D eigenvalue weighted by atomic mass is 9.96. The summed E-state index contributed by atoms with van der Waals surface area (Å²) in [7, 11) is 0. The minimum atomic E-state index is -0.933. The Kier molecular flexibility index (Phi) is 7.12. The molecule has 3 aromatic rings. The van der Waals surface area contributed by atoms with Crippen LogP contribution in [0.15, 0.2) is 66.7 Å². The van der Waals surface area contributed by atoms with E-state index in [0.717, 1.165) is 35.3 Å². The predicted octanol–water partition coefficient (Wildman–Crippen LogP) is 3.48. The van der Waals surface area contributed by atoms with Crippen LogP contribution in [0.2, 0.25) is 0 Å². The minimum absolute atomic E-state index is 0.0171. The second-order valence-corrected chi connectivity index (χ2v) is 8.10. The third-order valence-electron chi connectivity index (χ3n) is 5.59. The van der Waals surface area contributed by atoms with Gasteiger partial charge in [-0.05, 0) is 78.1 Å². The summed E-state index contributed by atoms with van der Waals surface area (Å²) in [6.45, 7) is 1.16. The molecule has 2 atom stereocenters. The molecule has 0 aliphatic carbocycles. The topological polar surface area (TPSA) is 108 Å². The van der Waals surface area contributed by atoms with Gasteiger partial charge in [0.05, 0.1) is 5.56 Å². The fourth-order valence-electron chi connectivity index (χ4n) is 3.78. The van der Waals surface area contributed by atoms with Crippen LogP contribution in [0.3, 0.4) is 0 Å². The van der Waals surface area contributed by atoms with Gasteiger partial charge in [-0.1, -0.05) is 18.2 Å². The molecule has 0 spiro atoms. The number of aliphatic hydroxyl groups excluding tert-OH is 1. The molecule has 1 heterocycles. The van der Waals surface area contributed by atoms with E-state index in [1.807, 2.05) is 24.3 Å². The molecule has 0 fully saturated rings. The van der Waals surface area contributed by atoms with Gasteiger partial charge < -0.3 is 30.1 Å². The molecule has 33 heavy (non-hydrogen) atoms. The molecular formula is C26H27NO6. The number of carbonyl (C=O) groups is 1. The molecule has 4 rings (SSSR count). The van der Waals surface area contributed by atoms with Gasteiger partial charge >= 0.3 is 5.97 Å². The van der Waals surface area contributed by atoms with E-state index >= 15 is 0 Å². The van der Waals surface area contributed by atoms with Gasteiger partial charge in [0, 0.05) is 13.1 Å². The molecule has 1 aliphatic rings. The number of rotatable bonds is 9. The number of hydrogen-bond acceptors (Lipinski definition) is 6. The number of carboxylic acids is 1. The van der Waals surface area contributed by atoms with Gasteiger partial charge in [0.25, 0.3) is 0 Å². The SMILES string of the molecule is O=C(O)c1ccc(-c2ccc3c(c2)CC[C@H](CNC[C@H](O)COc2ccc(O)cc2)O3)cc1. The fraction of sp³-hybridized carbons (Fsp3) is 0.269. The Hall–Kier alpha value is -3.55. The highest BCUT2D eigenvalue weighted by atomic mass is 16.5. The monoisotopic (exact) mass is 449 g/mol. The van der Waals surface area contributed by atoms with Crippen LogP contribution < -0.4 is 14.8 Å². The van der Waals surface area contributed by atoms with E-state index in [4.69, 9.17) is 14.6 Å². The van der Waals surface area contributed by atoms with E-state index in [1.165, 1.54) is 12.1 Å². The average Bonchev–Trinajstić information content (AvgIpc) is 2.83. The standard InChI is InChI=1S/C26H27NO6/c28-21-7-10-23(11-8-21)32-16-22(29)14-27-15-24-9-5-20-13-19(6-12-25(20)33-24)17-1-3-18(4-2-17)26(30)31/h1-4,6-8,10-13,22,24,27-29H,5,9,14-16H2,(H,30,31)/t22-,24+/m0/s1. The van der Waals surface area contributed by atoms with Gasteiger partial charge in [0.1, 0.15) is 36.1 Å². The van der Waals surface area contributed by atoms with E-state index < -0.39 is 12.1 Å². The highest BCUT2D eigenvalue weighted by Gasteiger charge is 2.20. The number of nitrogens with one attached hydrogen (secondary N) is 1.